The zero-order valence-electron chi connectivity index (χ0n) is 19.6. The van der Waals surface area contributed by atoms with Crippen LogP contribution in [0.1, 0.15) is 27.2 Å². The van der Waals surface area contributed by atoms with Crippen molar-refractivity contribution in [1.82, 2.24) is 21.3 Å². The first-order valence-electron chi connectivity index (χ1n) is 11.7. The van der Waals surface area contributed by atoms with Gasteiger partial charge in [0.2, 0.25) is 11.8 Å². The van der Waals surface area contributed by atoms with Crippen molar-refractivity contribution in [3.05, 3.63) is 48.6 Å². The van der Waals surface area contributed by atoms with E-state index < -0.39 is 0 Å². The molecule has 1 heterocycles. The summed E-state index contributed by atoms with van der Waals surface area (Å²) in [5, 5.41) is 12.7. The first-order chi connectivity index (χ1) is 15.9. The van der Waals surface area contributed by atoms with Crippen molar-refractivity contribution < 1.29 is 9.59 Å². The van der Waals surface area contributed by atoms with Crippen LogP contribution in [-0.2, 0) is 9.59 Å². The minimum absolute atomic E-state index is 0.0524. The predicted octanol–water partition coefficient (Wildman–Crippen LogP) is 1.44. The van der Waals surface area contributed by atoms with Crippen LogP contribution in [0.25, 0.3) is 0 Å². The van der Waals surface area contributed by atoms with Crippen molar-refractivity contribution in [2.24, 2.45) is 17.8 Å². The molecule has 174 valence electrons. The van der Waals surface area contributed by atoms with Gasteiger partial charge in [0.05, 0.1) is 37.0 Å². The molecule has 6 nitrogen and oxygen atoms in total. The highest BCUT2D eigenvalue weighted by Crippen LogP contribution is 2.15. The van der Waals surface area contributed by atoms with Gasteiger partial charge in [0, 0.05) is 12.1 Å². The van der Waals surface area contributed by atoms with Gasteiger partial charge in [-0.05, 0) is 19.3 Å². The molecular weight excluding hydrogens is 412 g/mol. The van der Waals surface area contributed by atoms with Crippen LogP contribution in [0.15, 0.2) is 48.6 Å². The lowest BCUT2D eigenvalue weighted by molar-refractivity contribution is -0.124. The zero-order chi connectivity index (χ0) is 23.6. The molecule has 0 aromatic carbocycles. The molecule has 6 atom stereocenters. The van der Waals surface area contributed by atoms with Crippen molar-refractivity contribution in [3.63, 3.8) is 0 Å². The molecule has 0 radical (unpaired) electrons. The molecule has 0 saturated heterocycles. The lowest BCUT2D eigenvalue weighted by Gasteiger charge is -2.28. The van der Waals surface area contributed by atoms with Crippen LogP contribution in [0.2, 0.25) is 0 Å². The van der Waals surface area contributed by atoms with Gasteiger partial charge in [0.15, 0.2) is 0 Å². The second-order valence-electron chi connectivity index (χ2n) is 8.96. The largest absolute Gasteiger partial charge is 0.344 e. The molecule has 2 aliphatic carbocycles. The molecule has 0 aromatic heterocycles. The van der Waals surface area contributed by atoms with Gasteiger partial charge in [-0.25, -0.2) is 0 Å². The zero-order valence-corrected chi connectivity index (χ0v) is 19.6. The molecule has 6 unspecified atom stereocenters. The van der Waals surface area contributed by atoms with Gasteiger partial charge in [0.1, 0.15) is 0 Å². The highest BCUT2D eigenvalue weighted by Gasteiger charge is 2.26. The van der Waals surface area contributed by atoms with Gasteiger partial charge >= 0.3 is 0 Å². The lowest BCUT2D eigenvalue weighted by atomic mass is 9.93. The Morgan fingerprint density at radius 2 is 1.33 bits per heavy atom. The Morgan fingerprint density at radius 3 is 1.91 bits per heavy atom. The summed E-state index contributed by atoms with van der Waals surface area (Å²) in [5.74, 6) is 12.7. The molecule has 1 aliphatic heterocycles. The first-order valence-corrected chi connectivity index (χ1v) is 11.7. The molecule has 0 bridgehead atoms. The minimum atomic E-state index is -0.389. The van der Waals surface area contributed by atoms with E-state index >= 15 is 0 Å². The summed E-state index contributed by atoms with van der Waals surface area (Å²) in [5.41, 5.74) is 0. The van der Waals surface area contributed by atoms with Gasteiger partial charge in [-0.3, -0.25) is 20.2 Å². The maximum atomic E-state index is 13.0. The molecular formula is C27H34N4O2. The number of allylic oxidation sites excluding steroid dienone is 4. The number of hydrogen-bond donors (Lipinski definition) is 4. The molecule has 2 amide bonds. The van der Waals surface area contributed by atoms with Crippen LogP contribution < -0.4 is 21.3 Å². The smallest absolute Gasteiger partial charge is 0.237 e. The minimum Gasteiger partial charge on any atom is -0.344 e. The van der Waals surface area contributed by atoms with E-state index in [-0.39, 0.29) is 60.9 Å². The Bertz CT molecular complexity index is 954. The Labute approximate surface area is 197 Å². The van der Waals surface area contributed by atoms with E-state index in [1.165, 1.54) is 0 Å². The third kappa shape index (κ3) is 7.49. The fraction of sp³-hybridized carbons (Fsp3) is 0.481. The Balaban J connectivity index is 1.81. The van der Waals surface area contributed by atoms with E-state index in [1.807, 2.05) is 55.5 Å². The summed E-state index contributed by atoms with van der Waals surface area (Å²) < 4.78 is 0. The maximum Gasteiger partial charge on any atom is 0.237 e. The molecule has 33 heavy (non-hydrogen) atoms. The van der Waals surface area contributed by atoms with Crippen molar-refractivity contribution in [3.8, 4) is 23.7 Å². The highest BCUT2D eigenvalue weighted by molar-refractivity contribution is 5.82. The fourth-order valence-electron chi connectivity index (χ4n) is 4.00. The second-order valence-corrected chi connectivity index (χ2v) is 8.96. The third-order valence-corrected chi connectivity index (χ3v) is 5.76. The Morgan fingerprint density at radius 1 is 0.818 bits per heavy atom. The van der Waals surface area contributed by atoms with Crippen LogP contribution in [0, 0.1) is 41.4 Å². The number of fused-ring (bicyclic) bond motifs is 2. The van der Waals surface area contributed by atoms with Crippen LogP contribution in [-0.4, -0.2) is 49.1 Å². The van der Waals surface area contributed by atoms with Crippen LogP contribution in [0.3, 0.4) is 0 Å². The standard InChI is InChI=1S/C27H34N4O2/c1-19(2)18-25-27(33)29-17-9-12-21-10-4-6-14-23(21)30-20(3)26(32)28-16-8-13-22-11-5-7-15-24(22)31-25/h4-7,10-11,14-15,19-25,30-31H,16-18H2,1-3H3,(H,28,32)(H,29,33). The quantitative estimate of drug-likeness (QED) is 0.484. The number of carbonyl (C=O) groups is 2. The van der Waals surface area contributed by atoms with E-state index in [2.05, 4.69) is 58.8 Å². The highest BCUT2D eigenvalue weighted by atomic mass is 16.2. The van der Waals surface area contributed by atoms with Gasteiger partial charge in [-0.1, -0.05) is 86.1 Å². The van der Waals surface area contributed by atoms with Gasteiger partial charge in [-0.2, -0.15) is 0 Å². The summed E-state index contributed by atoms with van der Waals surface area (Å²) in [6, 6.07) is -0.902. The van der Waals surface area contributed by atoms with E-state index in [9.17, 15) is 9.59 Å². The average Bonchev–Trinajstić information content (AvgIpc) is 2.79. The molecule has 6 heteroatoms. The molecule has 3 aliphatic rings. The van der Waals surface area contributed by atoms with Gasteiger partial charge < -0.3 is 10.6 Å². The predicted molar refractivity (Wildman–Crippen MR) is 132 cm³/mol. The lowest BCUT2D eigenvalue weighted by Crippen LogP contribution is -2.50. The SMILES string of the molecule is CC(C)CC1NC2C=CC=CC2C#CCNC(=O)C(C)NC2C=CC=CC2C#CCNC1=O. The van der Waals surface area contributed by atoms with E-state index in [0.717, 1.165) is 0 Å². The van der Waals surface area contributed by atoms with Gasteiger partial charge in [-0.15, -0.1) is 0 Å². The number of hydrogen-bond acceptors (Lipinski definition) is 4. The van der Waals surface area contributed by atoms with E-state index in [1.54, 1.807) is 0 Å². The molecule has 3 rings (SSSR count). The summed E-state index contributed by atoms with van der Waals surface area (Å²) in [6.07, 6.45) is 16.6. The first kappa shape index (κ1) is 24.6. The normalized spacial score (nSPS) is 32.1. The number of nitrogens with one attached hydrogen (secondary N) is 4. The Hall–Kier alpha value is -3.06. The molecule has 4 N–H and O–H groups in total. The molecule has 0 saturated carbocycles. The number of rotatable bonds is 2. The molecule has 0 spiro atoms. The summed E-state index contributed by atoms with van der Waals surface area (Å²) in [6.45, 7) is 6.59. The van der Waals surface area contributed by atoms with Crippen LogP contribution >= 0.6 is 0 Å². The summed E-state index contributed by atoms with van der Waals surface area (Å²) >= 11 is 0. The van der Waals surface area contributed by atoms with E-state index in [0.29, 0.717) is 12.3 Å². The summed E-state index contributed by atoms with van der Waals surface area (Å²) in [4.78, 5) is 25.5. The Kier molecular flexibility index (Phi) is 9.13. The summed E-state index contributed by atoms with van der Waals surface area (Å²) in [7, 11) is 0. The second kappa shape index (κ2) is 12.3. The van der Waals surface area contributed by atoms with E-state index in [4.69, 9.17) is 0 Å². The van der Waals surface area contributed by atoms with Crippen molar-refractivity contribution >= 4 is 11.8 Å². The third-order valence-electron chi connectivity index (χ3n) is 5.76. The fourth-order valence-corrected chi connectivity index (χ4v) is 4.00. The van der Waals surface area contributed by atoms with Crippen molar-refractivity contribution in [1.29, 1.82) is 0 Å². The van der Waals surface area contributed by atoms with Gasteiger partial charge in [0.25, 0.3) is 0 Å². The number of carbonyl (C=O) groups excluding carboxylic acids is 2. The van der Waals surface area contributed by atoms with Crippen molar-refractivity contribution in [2.45, 2.75) is 51.4 Å². The van der Waals surface area contributed by atoms with Crippen molar-refractivity contribution in [2.75, 3.05) is 13.1 Å². The number of amides is 2. The average molecular weight is 447 g/mol. The molecule has 0 aromatic rings. The monoisotopic (exact) mass is 446 g/mol. The van der Waals surface area contributed by atoms with Crippen LogP contribution in [0.5, 0.6) is 0 Å². The topological polar surface area (TPSA) is 82.3 Å². The maximum absolute atomic E-state index is 13.0. The molecule has 0 fully saturated rings. The van der Waals surface area contributed by atoms with Crippen LogP contribution in [0.4, 0.5) is 0 Å².